The summed E-state index contributed by atoms with van der Waals surface area (Å²) in [6, 6.07) is 11.5. The number of aromatic nitrogens is 3. The first-order valence-corrected chi connectivity index (χ1v) is 9.27. The second kappa shape index (κ2) is 6.58. The van der Waals surface area contributed by atoms with Gasteiger partial charge in [-0.05, 0) is 35.8 Å². The maximum atomic E-state index is 13.1. The van der Waals surface area contributed by atoms with E-state index in [0.717, 1.165) is 29.5 Å². The number of halogens is 1. The zero-order valence-electron chi connectivity index (χ0n) is 13.0. The van der Waals surface area contributed by atoms with Gasteiger partial charge in [0.1, 0.15) is 12.4 Å². The van der Waals surface area contributed by atoms with E-state index in [-0.39, 0.29) is 5.82 Å². The maximum Gasteiger partial charge on any atom is 0.221 e. The molecule has 2 aromatic heterocycles. The van der Waals surface area contributed by atoms with Gasteiger partial charge in [-0.25, -0.2) is 9.07 Å². The van der Waals surface area contributed by atoms with Crippen molar-refractivity contribution in [3.05, 3.63) is 57.9 Å². The third kappa shape index (κ3) is 3.48. The monoisotopic (exact) mass is 361 g/mol. The largest absolute Gasteiger partial charge is 0.310 e. The summed E-state index contributed by atoms with van der Waals surface area (Å²) in [5.41, 5.74) is 1.14. The van der Waals surface area contributed by atoms with Gasteiger partial charge in [0.05, 0.1) is 10.9 Å². The quantitative estimate of drug-likeness (QED) is 0.663. The van der Waals surface area contributed by atoms with E-state index in [1.165, 1.54) is 29.9 Å². The molecule has 1 atom stereocenters. The maximum absolute atomic E-state index is 13.1. The summed E-state index contributed by atoms with van der Waals surface area (Å²) >= 11 is 7.06. The molecule has 1 saturated carbocycles. The van der Waals surface area contributed by atoms with Crippen LogP contribution >= 0.6 is 23.6 Å². The van der Waals surface area contributed by atoms with Crippen LogP contribution in [0.3, 0.4) is 0 Å². The number of hydrogen-bond acceptors (Lipinski definition) is 3. The highest BCUT2D eigenvalue weighted by Crippen LogP contribution is 2.20. The van der Waals surface area contributed by atoms with Crippen molar-refractivity contribution >= 4 is 23.6 Å². The number of H-pyrrole nitrogens is 1. The predicted octanol–water partition coefficient (Wildman–Crippen LogP) is 3.01. The Hall–Kier alpha value is -1.83. The standard InChI is InChI=1S/C17H17FN4S2/c18-13-5-3-12(4-6-13)10-21(14-7-8-14)11-22-17(23)19-16(20-22)15-2-1-9-24-15/h1-6,9,14H,7-8,10-11H2,(H,19,20,23)/p+1. The Morgan fingerprint density at radius 1 is 1.29 bits per heavy atom. The van der Waals surface area contributed by atoms with Crippen molar-refractivity contribution in [2.45, 2.75) is 32.1 Å². The molecule has 1 aliphatic carbocycles. The Kier molecular flexibility index (Phi) is 4.30. The van der Waals surface area contributed by atoms with Gasteiger partial charge < -0.3 is 4.90 Å². The molecule has 1 aromatic carbocycles. The van der Waals surface area contributed by atoms with Crippen molar-refractivity contribution in [1.29, 1.82) is 0 Å². The lowest BCUT2D eigenvalue weighted by Gasteiger charge is -2.19. The normalized spacial score (nSPS) is 15.5. The fourth-order valence-electron chi connectivity index (χ4n) is 2.88. The molecule has 0 saturated heterocycles. The Labute approximate surface area is 148 Å². The van der Waals surface area contributed by atoms with E-state index in [9.17, 15) is 4.39 Å². The molecule has 0 bridgehead atoms. The second-order valence-electron chi connectivity index (χ2n) is 6.15. The Balaban J connectivity index is 1.53. The van der Waals surface area contributed by atoms with E-state index in [1.807, 2.05) is 34.3 Å². The minimum absolute atomic E-state index is 0.192. The molecule has 4 rings (SSSR count). The summed E-state index contributed by atoms with van der Waals surface area (Å²) in [5, 5.41) is 5.35. The molecule has 24 heavy (non-hydrogen) atoms. The summed E-state index contributed by atoms with van der Waals surface area (Å²) < 4.78 is 15.6. The van der Waals surface area contributed by atoms with Crippen LogP contribution in [0.2, 0.25) is 0 Å². The number of rotatable bonds is 6. The molecule has 0 amide bonds. The SMILES string of the molecule is Fc1ccc(C[NH+](Cn2[nH]c(-c3cccs3)nc2=S)C2CC2)cc1. The highest BCUT2D eigenvalue weighted by atomic mass is 32.1. The van der Waals surface area contributed by atoms with Crippen molar-refractivity contribution in [3.8, 4) is 10.7 Å². The average molecular weight is 361 g/mol. The fourth-order valence-corrected chi connectivity index (χ4v) is 3.74. The molecule has 7 heteroatoms. The van der Waals surface area contributed by atoms with Gasteiger partial charge in [-0.15, -0.1) is 11.3 Å². The molecule has 124 valence electrons. The Bertz CT molecular complexity index is 863. The zero-order valence-corrected chi connectivity index (χ0v) is 14.7. The van der Waals surface area contributed by atoms with Gasteiger partial charge in [0.15, 0.2) is 12.5 Å². The minimum Gasteiger partial charge on any atom is -0.310 e. The van der Waals surface area contributed by atoms with E-state index in [2.05, 4.69) is 10.1 Å². The van der Waals surface area contributed by atoms with Crippen molar-refractivity contribution in [2.75, 3.05) is 0 Å². The lowest BCUT2D eigenvalue weighted by molar-refractivity contribution is -0.947. The molecule has 2 N–H and O–H groups in total. The predicted molar refractivity (Wildman–Crippen MR) is 94.8 cm³/mol. The number of nitrogens with zero attached hydrogens (tertiary/aromatic N) is 2. The minimum atomic E-state index is -0.192. The van der Waals surface area contributed by atoms with Gasteiger partial charge in [-0.1, -0.05) is 18.2 Å². The van der Waals surface area contributed by atoms with Gasteiger partial charge in [0.25, 0.3) is 0 Å². The van der Waals surface area contributed by atoms with Crippen LogP contribution in [0.1, 0.15) is 18.4 Å². The fraction of sp³-hybridized carbons (Fsp3) is 0.294. The van der Waals surface area contributed by atoms with Gasteiger partial charge in [0.2, 0.25) is 4.77 Å². The molecule has 0 radical (unpaired) electrons. The summed E-state index contributed by atoms with van der Waals surface area (Å²) in [4.78, 5) is 6.99. The summed E-state index contributed by atoms with van der Waals surface area (Å²) in [5.74, 6) is 0.634. The van der Waals surface area contributed by atoms with Crippen LogP contribution in [0.25, 0.3) is 10.7 Å². The van der Waals surface area contributed by atoms with Gasteiger partial charge >= 0.3 is 0 Å². The van der Waals surface area contributed by atoms with Crippen molar-refractivity contribution in [1.82, 2.24) is 14.8 Å². The van der Waals surface area contributed by atoms with E-state index in [0.29, 0.717) is 10.8 Å². The van der Waals surface area contributed by atoms with Crippen LogP contribution in [-0.2, 0) is 13.2 Å². The van der Waals surface area contributed by atoms with Crippen molar-refractivity contribution < 1.29 is 9.29 Å². The van der Waals surface area contributed by atoms with Gasteiger partial charge in [-0.3, -0.25) is 5.10 Å². The lowest BCUT2D eigenvalue weighted by Crippen LogP contribution is -3.11. The summed E-state index contributed by atoms with van der Waals surface area (Å²) in [6.45, 7) is 1.61. The topological polar surface area (TPSA) is 38.0 Å². The molecule has 1 unspecified atom stereocenters. The first-order chi connectivity index (χ1) is 11.7. The van der Waals surface area contributed by atoms with Gasteiger partial charge in [-0.2, -0.15) is 4.98 Å². The van der Waals surface area contributed by atoms with Crippen LogP contribution in [0, 0.1) is 10.6 Å². The number of nitrogens with one attached hydrogen (secondary N) is 2. The number of quaternary nitrogens is 1. The van der Waals surface area contributed by atoms with Crippen LogP contribution in [0.5, 0.6) is 0 Å². The molecule has 1 aliphatic rings. The smallest absolute Gasteiger partial charge is 0.221 e. The number of hydrogen-bond donors (Lipinski definition) is 2. The van der Waals surface area contributed by atoms with Crippen LogP contribution in [0.4, 0.5) is 4.39 Å². The third-order valence-electron chi connectivity index (χ3n) is 4.29. The Morgan fingerprint density at radius 3 is 2.75 bits per heavy atom. The van der Waals surface area contributed by atoms with Crippen molar-refractivity contribution in [3.63, 3.8) is 0 Å². The zero-order chi connectivity index (χ0) is 16.5. The average Bonchev–Trinajstić information content (AvgIpc) is 3.15. The molecule has 0 aliphatic heterocycles. The highest BCUT2D eigenvalue weighted by molar-refractivity contribution is 7.71. The van der Waals surface area contributed by atoms with E-state index in [1.54, 1.807) is 11.3 Å². The first kappa shape index (κ1) is 15.7. The van der Waals surface area contributed by atoms with E-state index < -0.39 is 0 Å². The lowest BCUT2D eigenvalue weighted by atomic mass is 10.2. The molecule has 2 heterocycles. The molecule has 1 fully saturated rings. The number of benzene rings is 1. The van der Waals surface area contributed by atoms with Crippen LogP contribution < -0.4 is 4.90 Å². The summed E-state index contributed by atoms with van der Waals surface area (Å²) in [6.07, 6.45) is 2.46. The van der Waals surface area contributed by atoms with Gasteiger partial charge in [0, 0.05) is 18.4 Å². The third-order valence-corrected chi connectivity index (χ3v) is 5.48. The number of thiophene rings is 1. The first-order valence-electron chi connectivity index (χ1n) is 7.99. The van der Waals surface area contributed by atoms with Crippen LogP contribution in [0.15, 0.2) is 41.8 Å². The second-order valence-corrected chi connectivity index (χ2v) is 7.47. The van der Waals surface area contributed by atoms with Crippen LogP contribution in [-0.4, -0.2) is 20.8 Å². The molecule has 4 nitrogen and oxygen atoms in total. The number of aromatic amines is 1. The molecule has 0 spiro atoms. The molecule has 3 aromatic rings. The highest BCUT2D eigenvalue weighted by Gasteiger charge is 2.33. The molecular weight excluding hydrogens is 343 g/mol. The van der Waals surface area contributed by atoms with Crippen molar-refractivity contribution in [2.24, 2.45) is 0 Å². The Morgan fingerprint density at radius 2 is 2.08 bits per heavy atom. The van der Waals surface area contributed by atoms with E-state index in [4.69, 9.17) is 12.2 Å². The molecular formula is C17H18FN4S2+. The van der Waals surface area contributed by atoms with E-state index >= 15 is 0 Å². The summed E-state index contributed by atoms with van der Waals surface area (Å²) in [7, 11) is 0.